The Morgan fingerprint density at radius 2 is 1.92 bits per heavy atom. The molecule has 1 atom stereocenters. The molecule has 1 saturated carbocycles. The van der Waals surface area contributed by atoms with Gasteiger partial charge >= 0.3 is 5.97 Å². The summed E-state index contributed by atoms with van der Waals surface area (Å²) in [5.74, 6) is -0.508. The number of amides is 1. The molecular weight excluding hydrogens is 511 g/mol. The van der Waals surface area contributed by atoms with Crippen molar-refractivity contribution in [2.24, 2.45) is 11.3 Å². The number of rotatable bonds is 8. The van der Waals surface area contributed by atoms with Gasteiger partial charge in [0.2, 0.25) is 5.91 Å². The number of ether oxygens (including phenoxy) is 1. The van der Waals surface area contributed by atoms with Gasteiger partial charge in [0, 0.05) is 52.9 Å². The minimum Gasteiger partial charge on any atom is -0.469 e. The van der Waals surface area contributed by atoms with E-state index in [1.54, 1.807) is 24.4 Å². The fraction of sp³-hybridized carbons (Fsp3) is 0.429. The number of esters is 1. The van der Waals surface area contributed by atoms with Gasteiger partial charge in [-0.05, 0) is 79.1 Å². The van der Waals surface area contributed by atoms with Gasteiger partial charge in [-0.3, -0.25) is 9.59 Å². The maximum Gasteiger partial charge on any atom is 0.307 e. The van der Waals surface area contributed by atoms with Gasteiger partial charge in [-0.25, -0.2) is 9.97 Å². The van der Waals surface area contributed by atoms with E-state index in [0.29, 0.717) is 15.6 Å². The van der Waals surface area contributed by atoms with Crippen LogP contribution in [0.1, 0.15) is 42.1 Å². The summed E-state index contributed by atoms with van der Waals surface area (Å²) in [6.45, 7) is 5.03. The Hall–Kier alpha value is -2.74. The maximum absolute atomic E-state index is 13.1. The summed E-state index contributed by atoms with van der Waals surface area (Å²) in [5.41, 5.74) is 3.99. The van der Waals surface area contributed by atoms with Crippen LogP contribution in [0.3, 0.4) is 0 Å². The molecule has 1 spiro atoms. The smallest absolute Gasteiger partial charge is 0.307 e. The summed E-state index contributed by atoms with van der Waals surface area (Å²) in [6, 6.07) is 10.7. The second-order valence-electron chi connectivity index (χ2n) is 10.4. The molecule has 1 saturated heterocycles. The first-order valence-electron chi connectivity index (χ1n) is 12.5. The minimum absolute atomic E-state index is 0.0175. The van der Waals surface area contributed by atoms with E-state index in [4.69, 9.17) is 27.9 Å². The first-order chi connectivity index (χ1) is 17.7. The average Bonchev–Trinajstić information content (AvgIpc) is 2.81. The molecule has 1 aliphatic carbocycles. The quantitative estimate of drug-likeness (QED) is 0.408. The van der Waals surface area contributed by atoms with Crippen molar-refractivity contribution in [1.29, 1.82) is 0 Å². The van der Waals surface area contributed by atoms with Crippen molar-refractivity contribution in [2.75, 3.05) is 26.7 Å². The van der Waals surface area contributed by atoms with Gasteiger partial charge in [-0.2, -0.15) is 0 Å². The molecular formula is C28H30Cl2N4O3. The van der Waals surface area contributed by atoms with Gasteiger partial charge in [0.25, 0.3) is 0 Å². The van der Waals surface area contributed by atoms with E-state index in [1.807, 2.05) is 19.1 Å². The number of nitrogens with one attached hydrogen (secondary N) is 1. The van der Waals surface area contributed by atoms with Crippen LogP contribution in [0.4, 0.5) is 0 Å². The lowest BCUT2D eigenvalue weighted by Crippen LogP contribution is -2.64. The Morgan fingerprint density at radius 3 is 2.62 bits per heavy atom. The molecule has 2 aromatic heterocycles. The molecule has 1 N–H and O–H groups in total. The molecule has 0 radical (unpaired) electrons. The number of carbonyl (C=O) groups is 2. The van der Waals surface area contributed by atoms with Crippen molar-refractivity contribution < 1.29 is 14.3 Å². The highest BCUT2D eigenvalue weighted by Crippen LogP contribution is 2.52. The lowest BCUT2D eigenvalue weighted by molar-refractivity contribution is -0.146. The van der Waals surface area contributed by atoms with Crippen molar-refractivity contribution in [3.8, 4) is 0 Å². The zero-order valence-corrected chi connectivity index (χ0v) is 22.5. The lowest BCUT2D eigenvalue weighted by atomic mass is 9.57. The third-order valence-electron chi connectivity index (χ3n) is 7.63. The van der Waals surface area contributed by atoms with Gasteiger partial charge in [0.1, 0.15) is 0 Å². The number of nitrogens with zero attached hydrogens (tertiary/aromatic N) is 3. The summed E-state index contributed by atoms with van der Waals surface area (Å²) in [5, 5.41) is 5.02. The fourth-order valence-electron chi connectivity index (χ4n) is 5.73. The molecule has 194 valence electrons. The lowest BCUT2D eigenvalue weighted by Gasteiger charge is -2.59. The number of fused-ring (bicyclic) bond motifs is 1. The van der Waals surface area contributed by atoms with Crippen molar-refractivity contribution in [1.82, 2.24) is 20.2 Å². The second kappa shape index (κ2) is 10.6. The number of pyridine rings is 2. The highest BCUT2D eigenvalue weighted by atomic mass is 35.5. The highest BCUT2D eigenvalue weighted by molar-refractivity contribution is 6.34. The molecule has 3 heterocycles. The number of benzene rings is 1. The Morgan fingerprint density at radius 1 is 1.19 bits per heavy atom. The highest BCUT2D eigenvalue weighted by Gasteiger charge is 2.54. The number of likely N-dealkylation sites (tertiary alicyclic amines) is 1. The molecule has 3 aromatic rings. The Balaban J connectivity index is 1.13. The Labute approximate surface area is 226 Å². The summed E-state index contributed by atoms with van der Waals surface area (Å²) in [7, 11) is 1.33. The summed E-state index contributed by atoms with van der Waals surface area (Å²) >= 11 is 12.3. The predicted octanol–water partition coefficient (Wildman–Crippen LogP) is 4.92. The topological polar surface area (TPSA) is 84.4 Å². The minimum atomic E-state index is -0.542. The van der Waals surface area contributed by atoms with Gasteiger partial charge < -0.3 is 15.0 Å². The molecule has 0 unspecified atom stereocenters. The van der Waals surface area contributed by atoms with E-state index >= 15 is 0 Å². The van der Waals surface area contributed by atoms with E-state index in [1.165, 1.54) is 12.7 Å². The van der Waals surface area contributed by atoms with Crippen LogP contribution in [0, 0.1) is 18.3 Å². The standard InChI is InChI=1S/C28H30Cl2N4O3/c1-17-18(8-19-4-3-6-31-26(19)32-17)5-7-34-15-28(16-34)13-21(14-28)27(36)33-24(12-25(35)37-2)20-9-22(29)11-23(30)10-20/h3-4,6,8-11,21,24H,5,7,12-16H2,1-2H3,(H,33,36)/t24-/m0/s1. The van der Waals surface area contributed by atoms with E-state index in [0.717, 1.165) is 55.6 Å². The number of carbonyl (C=O) groups excluding carboxylic acids is 2. The average molecular weight is 541 g/mol. The van der Waals surface area contributed by atoms with E-state index in [9.17, 15) is 9.59 Å². The van der Waals surface area contributed by atoms with Crippen LogP contribution in [0.25, 0.3) is 11.0 Å². The third kappa shape index (κ3) is 5.74. The van der Waals surface area contributed by atoms with Crippen molar-refractivity contribution in [3.63, 3.8) is 0 Å². The summed E-state index contributed by atoms with van der Waals surface area (Å²) in [4.78, 5) is 36.5. The molecule has 7 nitrogen and oxygen atoms in total. The first kappa shape index (κ1) is 25.9. The van der Waals surface area contributed by atoms with Crippen LogP contribution in [-0.2, 0) is 20.7 Å². The first-order valence-corrected chi connectivity index (χ1v) is 13.3. The largest absolute Gasteiger partial charge is 0.469 e. The number of hydrogen-bond donors (Lipinski definition) is 1. The van der Waals surface area contributed by atoms with Gasteiger partial charge in [-0.1, -0.05) is 23.2 Å². The molecule has 1 amide bonds. The van der Waals surface area contributed by atoms with Crippen LogP contribution in [0.5, 0.6) is 0 Å². The van der Waals surface area contributed by atoms with Crippen molar-refractivity contribution >= 4 is 46.1 Å². The molecule has 2 aliphatic rings. The summed E-state index contributed by atoms with van der Waals surface area (Å²) < 4.78 is 4.83. The predicted molar refractivity (Wildman–Crippen MR) is 144 cm³/mol. The number of methoxy groups -OCH3 is 1. The van der Waals surface area contributed by atoms with Crippen LogP contribution < -0.4 is 5.32 Å². The van der Waals surface area contributed by atoms with Gasteiger partial charge in [0.15, 0.2) is 5.65 Å². The zero-order chi connectivity index (χ0) is 26.2. The van der Waals surface area contributed by atoms with Crippen molar-refractivity contribution in [3.05, 3.63) is 69.5 Å². The van der Waals surface area contributed by atoms with Crippen molar-refractivity contribution in [2.45, 2.75) is 38.6 Å². The van der Waals surface area contributed by atoms with Crippen LogP contribution >= 0.6 is 23.2 Å². The molecule has 5 rings (SSSR count). The summed E-state index contributed by atoms with van der Waals surface area (Å²) in [6.07, 6.45) is 4.45. The monoisotopic (exact) mass is 540 g/mol. The fourth-order valence-corrected chi connectivity index (χ4v) is 6.27. The molecule has 1 aromatic carbocycles. The molecule has 1 aliphatic heterocycles. The van der Waals surface area contributed by atoms with E-state index < -0.39 is 12.0 Å². The molecule has 37 heavy (non-hydrogen) atoms. The number of aryl methyl sites for hydroxylation is 1. The van der Waals surface area contributed by atoms with Crippen LogP contribution in [0.2, 0.25) is 10.0 Å². The number of hydrogen-bond acceptors (Lipinski definition) is 6. The number of halogens is 2. The normalized spacial score (nSPS) is 17.7. The molecule has 2 fully saturated rings. The second-order valence-corrected chi connectivity index (χ2v) is 11.3. The number of aromatic nitrogens is 2. The zero-order valence-electron chi connectivity index (χ0n) is 21.0. The van der Waals surface area contributed by atoms with Crippen LogP contribution in [0.15, 0.2) is 42.6 Å². The third-order valence-corrected chi connectivity index (χ3v) is 8.07. The molecule has 9 heteroatoms. The Bertz CT molecular complexity index is 1310. The Kier molecular flexibility index (Phi) is 7.39. The van der Waals surface area contributed by atoms with Gasteiger partial charge in [-0.15, -0.1) is 0 Å². The van der Waals surface area contributed by atoms with Crippen LogP contribution in [-0.4, -0.2) is 53.5 Å². The molecule has 0 bridgehead atoms. The van der Waals surface area contributed by atoms with E-state index in [2.05, 4.69) is 26.3 Å². The SMILES string of the molecule is COC(=O)C[C@H](NC(=O)C1CC2(C1)CN(CCc1cc3cccnc3nc1C)C2)c1cc(Cl)cc(Cl)c1. The maximum atomic E-state index is 13.1. The van der Waals surface area contributed by atoms with E-state index in [-0.39, 0.29) is 23.7 Å². The van der Waals surface area contributed by atoms with Gasteiger partial charge in [0.05, 0.1) is 19.6 Å².